The minimum Gasteiger partial charge on any atom is -0.406 e. The number of hydrogen-bond donors (Lipinski definition) is 2. The Kier molecular flexibility index (Phi) is 7.69. The van der Waals surface area contributed by atoms with E-state index >= 15 is 0 Å². The first kappa shape index (κ1) is 18.2. The van der Waals surface area contributed by atoms with Crippen LogP contribution in [-0.2, 0) is 9.53 Å². The van der Waals surface area contributed by atoms with E-state index in [-0.39, 0.29) is 18.2 Å². The lowest BCUT2D eigenvalue weighted by Crippen LogP contribution is -2.86. The highest BCUT2D eigenvalue weighted by Gasteiger charge is 2.30. The van der Waals surface area contributed by atoms with Crippen molar-refractivity contribution in [2.24, 2.45) is 0 Å². The molecule has 1 amide bonds. The van der Waals surface area contributed by atoms with Crippen molar-refractivity contribution < 1.29 is 32.8 Å². The van der Waals surface area contributed by atoms with Crippen molar-refractivity contribution in [2.45, 2.75) is 19.7 Å². The third-order valence-electron chi connectivity index (χ3n) is 2.60. The molecule has 1 aromatic rings. The highest BCUT2D eigenvalue weighted by Crippen LogP contribution is 2.23. The standard InChI is InChI=1S/C14H19F3N2O3/c1-2-21-9-3-8-18-10-13(20)19-11-4-6-12(7-5-11)22-14(15,16)17/h4-7,18H,2-3,8-10H2,1H3,(H,19,20)/p+1. The van der Waals surface area contributed by atoms with E-state index in [0.717, 1.165) is 25.1 Å². The number of anilines is 1. The normalized spacial score (nSPS) is 11.3. The van der Waals surface area contributed by atoms with Crippen LogP contribution >= 0.6 is 0 Å². The van der Waals surface area contributed by atoms with E-state index in [1.54, 1.807) is 0 Å². The van der Waals surface area contributed by atoms with Crippen LogP contribution in [-0.4, -0.2) is 38.6 Å². The first-order chi connectivity index (χ1) is 10.4. The van der Waals surface area contributed by atoms with Crippen LogP contribution in [0.25, 0.3) is 0 Å². The van der Waals surface area contributed by atoms with Crippen molar-refractivity contribution in [3.05, 3.63) is 24.3 Å². The summed E-state index contributed by atoms with van der Waals surface area (Å²) >= 11 is 0. The first-order valence-corrected chi connectivity index (χ1v) is 6.96. The SMILES string of the molecule is CCOCCC[NH2+]CC(=O)Nc1ccc(OC(F)(F)F)cc1. The number of quaternary nitrogens is 1. The summed E-state index contributed by atoms with van der Waals surface area (Å²) in [6.45, 7) is 4.27. The lowest BCUT2D eigenvalue weighted by Gasteiger charge is -2.09. The molecule has 0 bridgehead atoms. The van der Waals surface area contributed by atoms with Gasteiger partial charge >= 0.3 is 6.36 Å². The average molecular weight is 321 g/mol. The van der Waals surface area contributed by atoms with Gasteiger partial charge in [0.1, 0.15) is 5.75 Å². The molecule has 0 aliphatic rings. The third-order valence-corrected chi connectivity index (χ3v) is 2.60. The van der Waals surface area contributed by atoms with Gasteiger partial charge < -0.3 is 20.1 Å². The molecule has 3 N–H and O–H groups in total. The van der Waals surface area contributed by atoms with Crippen molar-refractivity contribution in [2.75, 3.05) is 31.6 Å². The average Bonchev–Trinajstić information content (AvgIpc) is 2.43. The van der Waals surface area contributed by atoms with E-state index in [9.17, 15) is 18.0 Å². The molecule has 0 saturated heterocycles. The first-order valence-electron chi connectivity index (χ1n) is 6.96. The molecular formula is C14H20F3N2O3+. The van der Waals surface area contributed by atoms with Gasteiger partial charge in [0.15, 0.2) is 6.54 Å². The molecule has 0 saturated carbocycles. The second-order valence-corrected chi connectivity index (χ2v) is 4.45. The number of halogens is 3. The zero-order valence-electron chi connectivity index (χ0n) is 12.3. The van der Waals surface area contributed by atoms with Crippen LogP contribution in [0.5, 0.6) is 5.75 Å². The molecule has 0 atom stereocenters. The number of ether oxygens (including phenoxy) is 2. The lowest BCUT2D eigenvalue weighted by molar-refractivity contribution is -0.644. The van der Waals surface area contributed by atoms with Crippen molar-refractivity contribution in [1.82, 2.24) is 0 Å². The predicted molar refractivity (Wildman–Crippen MR) is 74.5 cm³/mol. The second-order valence-electron chi connectivity index (χ2n) is 4.45. The minimum atomic E-state index is -4.72. The molecule has 0 fully saturated rings. The van der Waals surface area contributed by atoms with Crippen molar-refractivity contribution in [3.8, 4) is 5.75 Å². The molecule has 0 heterocycles. The van der Waals surface area contributed by atoms with Gasteiger partial charge in [-0.2, -0.15) is 0 Å². The molecule has 0 aromatic heterocycles. The Morgan fingerprint density at radius 1 is 1.27 bits per heavy atom. The van der Waals surface area contributed by atoms with Gasteiger partial charge in [0, 0.05) is 18.7 Å². The molecule has 0 unspecified atom stereocenters. The fourth-order valence-corrected chi connectivity index (χ4v) is 1.66. The van der Waals surface area contributed by atoms with Crippen molar-refractivity contribution >= 4 is 11.6 Å². The van der Waals surface area contributed by atoms with Crippen LogP contribution in [0.1, 0.15) is 13.3 Å². The van der Waals surface area contributed by atoms with Crippen LogP contribution in [0.15, 0.2) is 24.3 Å². The van der Waals surface area contributed by atoms with Crippen LogP contribution in [0.4, 0.5) is 18.9 Å². The molecule has 22 heavy (non-hydrogen) atoms. The van der Waals surface area contributed by atoms with E-state index in [2.05, 4.69) is 10.1 Å². The molecule has 5 nitrogen and oxygen atoms in total. The van der Waals surface area contributed by atoms with E-state index in [0.29, 0.717) is 18.9 Å². The Morgan fingerprint density at radius 3 is 2.55 bits per heavy atom. The van der Waals surface area contributed by atoms with Gasteiger partial charge in [0.05, 0.1) is 13.2 Å². The molecule has 0 aliphatic heterocycles. The summed E-state index contributed by atoms with van der Waals surface area (Å²) in [4.78, 5) is 11.6. The molecule has 0 radical (unpaired) electrons. The van der Waals surface area contributed by atoms with Gasteiger partial charge in [-0.25, -0.2) is 0 Å². The Balaban J connectivity index is 2.27. The zero-order chi connectivity index (χ0) is 16.4. The summed E-state index contributed by atoms with van der Waals surface area (Å²) in [7, 11) is 0. The number of benzene rings is 1. The smallest absolute Gasteiger partial charge is 0.406 e. The summed E-state index contributed by atoms with van der Waals surface area (Å²) in [5, 5.41) is 4.44. The Hall–Kier alpha value is -1.80. The van der Waals surface area contributed by atoms with Crippen LogP contribution in [0.3, 0.4) is 0 Å². The number of nitrogens with two attached hydrogens (primary N) is 1. The Bertz CT molecular complexity index is 450. The summed E-state index contributed by atoms with van der Waals surface area (Å²) in [5.41, 5.74) is 0.419. The van der Waals surface area contributed by atoms with E-state index < -0.39 is 6.36 Å². The number of alkyl halides is 3. The number of nitrogens with one attached hydrogen (secondary N) is 1. The molecule has 8 heteroatoms. The Morgan fingerprint density at radius 2 is 1.95 bits per heavy atom. The van der Waals surface area contributed by atoms with Gasteiger partial charge in [-0.05, 0) is 31.2 Å². The maximum absolute atomic E-state index is 12.0. The van der Waals surface area contributed by atoms with Crippen LogP contribution in [0, 0.1) is 0 Å². The number of rotatable bonds is 9. The number of hydrogen-bond acceptors (Lipinski definition) is 3. The van der Waals surface area contributed by atoms with E-state index in [1.165, 1.54) is 12.1 Å². The van der Waals surface area contributed by atoms with E-state index in [1.807, 2.05) is 12.2 Å². The number of carbonyl (C=O) groups excluding carboxylic acids is 1. The minimum absolute atomic E-state index is 0.221. The van der Waals surface area contributed by atoms with Gasteiger partial charge in [-0.15, -0.1) is 13.2 Å². The second kappa shape index (κ2) is 9.26. The van der Waals surface area contributed by atoms with Gasteiger partial charge in [0.2, 0.25) is 0 Å². The predicted octanol–water partition coefficient (Wildman–Crippen LogP) is 1.51. The number of carbonyl (C=O) groups is 1. The highest BCUT2D eigenvalue weighted by atomic mass is 19.4. The molecule has 0 aliphatic carbocycles. The van der Waals surface area contributed by atoms with Gasteiger partial charge in [-0.3, -0.25) is 4.79 Å². The fourth-order valence-electron chi connectivity index (χ4n) is 1.66. The van der Waals surface area contributed by atoms with Crippen molar-refractivity contribution in [1.29, 1.82) is 0 Å². The molecule has 0 spiro atoms. The van der Waals surface area contributed by atoms with Crippen molar-refractivity contribution in [3.63, 3.8) is 0 Å². The quantitative estimate of drug-likeness (QED) is 0.678. The molecule has 1 aromatic carbocycles. The third kappa shape index (κ3) is 8.48. The van der Waals surface area contributed by atoms with Gasteiger partial charge in [-0.1, -0.05) is 0 Å². The van der Waals surface area contributed by atoms with Crippen LogP contribution in [0.2, 0.25) is 0 Å². The summed E-state index contributed by atoms with van der Waals surface area (Å²) in [6, 6.07) is 5.01. The summed E-state index contributed by atoms with van der Waals surface area (Å²) < 4.78 is 44.9. The lowest BCUT2D eigenvalue weighted by atomic mass is 10.3. The van der Waals surface area contributed by atoms with Gasteiger partial charge in [0.25, 0.3) is 5.91 Å². The number of amides is 1. The summed E-state index contributed by atoms with van der Waals surface area (Å²) in [5.74, 6) is -0.547. The topological polar surface area (TPSA) is 64.2 Å². The van der Waals surface area contributed by atoms with Crippen LogP contribution < -0.4 is 15.4 Å². The fraction of sp³-hybridized carbons (Fsp3) is 0.500. The highest BCUT2D eigenvalue weighted by molar-refractivity contribution is 5.91. The Labute approximate surface area is 126 Å². The maximum atomic E-state index is 12.0. The van der Waals surface area contributed by atoms with E-state index in [4.69, 9.17) is 4.74 Å². The maximum Gasteiger partial charge on any atom is 0.573 e. The molecular weight excluding hydrogens is 301 g/mol. The molecule has 124 valence electrons. The summed E-state index contributed by atoms with van der Waals surface area (Å²) in [6.07, 6.45) is -3.87. The molecule has 1 rings (SSSR count). The zero-order valence-corrected chi connectivity index (χ0v) is 12.3. The monoisotopic (exact) mass is 321 g/mol. The largest absolute Gasteiger partial charge is 0.573 e.